The van der Waals surface area contributed by atoms with Gasteiger partial charge < -0.3 is 10.1 Å². The number of aromatic nitrogens is 3. The Labute approximate surface area is 161 Å². The van der Waals surface area contributed by atoms with Crippen molar-refractivity contribution in [2.45, 2.75) is 38.8 Å². The zero-order chi connectivity index (χ0) is 22.7. The van der Waals surface area contributed by atoms with Crippen LogP contribution < -0.4 is 5.32 Å². The van der Waals surface area contributed by atoms with E-state index in [2.05, 4.69) is 22.0 Å². The Morgan fingerprint density at radius 2 is 2.33 bits per heavy atom. The van der Waals surface area contributed by atoms with Crippen LogP contribution in [0.2, 0.25) is 0 Å². The van der Waals surface area contributed by atoms with E-state index in [1.807, 2.05) is 0 Å². The molecule has 27 heavy (non-hydrogen) atoms. The van der Waals surface area contributed by atoms with E-state index >= 15 is 0 Å². The molecule has 0 saturated heterocycles. The number of nitrogens with zero attached hydrogens (tertiary/aromatic N) is 4. The number of pyridine rings is 1. The van der Waals surface area contributed by atoms with Crippen LogP contribution in [0, 0.1) is 10.1 Å². The van der Waals surface area contributed by atoms with E-state index < -0.39 is 35.3 Å². The number of ether oxygens (including phenoxy) is 1. The average Bonchev–Trinajstić information content (AvgIpc) is 3.05. The Bertz CT molecular complexity index is 950. The number of carbonyl (C=O) groups excluding carboxylic acids is 1. The van der Waals surface area contributed by atoms with E-state index in [0.29, 0.717) is 16.8 Å². The van der Waals surface area contributed by atoms with Crippen LogP contribution in [-0.4, -0.2) is 31.4 Å². The highest BCUT2D eigenvalue weighted by Crippen LogP contribution is 2.30. The fourth-order valence-electron chi connectivity index (χ4n) is 2.40. The van der Waals surface area contributed by atoms with Gasteiger partial charge >= 0.3 is 11.8 Å². The first-order valence-corrected chi connectivity index (χ1v) is 8.13. The number of aryl methyl sites for hydroxylation is 1. The van der Waals surface area contributed by atoms with Crippen molar-refractivity contribution in [1.82, 2.24) is 20.1 Å². The van der Waals surface area contributed by atoms with Crippen LogP contribution in [0.3, 0.4) is 0 Å². The normalized spacial score (nSPS) is 14.4. The summed E-state index contributed by atoms with van der Waals surface area (Å²) in [6.07, 6.45) is 3.47. The van der Waals surface area contributed by atoms with E-state index in [9.17, 15) is 14.9 Å². The van der Waals surface area contributed by atoms with Crippen molar-refractivity contribution in [3.05, 3.63) is 53.0 Å². The van der Waals surface area contributed by atoms with Gasteiger partial charge in [0.25, 0.3) is 0 Å². The Morgan fingerprint density at radius 3 is 2.93 bits per heavy atom. The quantitative estimate of drug-likeness (QED) is 0.469. The fraction of sp³-hybridized carbons (Fsp3) is 0.389. The van der Waals surface area contributed by atoms with Crippen molar-refractivity contribution in [2.75, 3.05) is 0 Å². The van der Waals surface area contributed by atoms with Gasteiger partial charge in [0.05, 0.1) is 16.7 Å². The third-order valence-corrected chi connectivity index (χ3v) is 3.45. The van der Waals surface area contributed by atoms with Crippen LogP contribution >= 0.6 is 0 Å². The molecule has 0 bridgehead atoms. The first kappa shape index (κ1) is 16.0. The molecular formula is C18H23N5O4. The molecular weight excluding hydrogens is 350 g/mol. The van der Waals surface area contributed by atoms with Crippen molar-refractivity contribution in [2.24, 2.45) is 6.98 Å². The Kier molecular flexibility index (Phi) is 4.72. The summed E-state index contributed by atoms with van der Waals surface area (Å²) in [6, 6.07) is 2.27. The molecule has 2 aromatic heterocycles. The monoisotopic (exact) mass is 376 g/mol. The summed E-state index contributed by atoms with van der Waals surface area (Å²) in [5.74, 6) is 0. The van der Waals surface area contributed by atoms with Gasteiger partial charge in [0.1, 0.15) is 17.5 Å². The van der Waals surface area contributed by atoms with Gasteiger partial charge in [-0.25, -0.2) is 4.79 Å². The molecule has 0 unspecified atom stereocenters. The highest BCUT2D eigenvalue weighted by atomic mass is 16.6. The number of rotatable bonds is 6. The molecule has 0 saturated carbocycles. The molecule has 2 heterocycles. The smallest absolute Gasteiger partial charge is 0.408 e. The van der Waals surface area contributed by atoms with E-state index in [0.717, 1.165) is 6.20 Å². The third-order valence-electron chi connectivity index (χ3n) is 3.45. The number of hydrogen-bond acceptors (Lipinski definition) is 6. The van der Waals surface area contributed by atoms with Gasteiger partial charge in [-0.05, 0) is 39.3 Å². The van der Waals surface area contributed by atoms with E-state index in [1.165, 1.54) is 18.3 Å². The van der Waals surface area contributed by atoms with Crippen LogP contribution in [0.1, 0.15) is 43.0 Å². The van der Waals surface area contributed by atoms with Gasteiger partial charge in [-0.2, -0.15) is 5.10 Å². The molecule has 0 aliphatic rings. The molecule has 2 rings (SSSR count). The molecule has 0 radical (unpaired) electrons. The van der Waals surface area contributed by atoms with Gasteiger partial charge in [-0.3, -0.25) is 19.8 Å². The highest BCUT2D eigenvalue weighted by molar-refractivity contribution is 5.70. The minimum atomic E-state index is -2.72. The minimum absolute atomic E-state index is 0.182. The van der Waals surface area contributed by atoms with Crippen molar-refractivity contribution < 1.29 is 18.6 Å². The molecule has 0 spiro atoms. The second-order valence-electron chi connectivity index (χ2n) is 6.74. The number of amides is 1. The van der Waals surface area contributed by atoms with Crippen LogP contribution in [0.5, 0.6) is 0 Å². The molecule has 0 aliphatic heterocycles. The van der Waals surface area contributed by atoms with Gasteiger partial charge in [0.2, 0.25) is 0 Å². The van der Waals surface area contributed by atoms with Gasteiger partial charge in [0.15, 0.2) is 0 Å². The van der Waals surface area contributed by atoms with Gasteiger partial charge in [-0.15, -0.1) is 6.58 Å². The lowest BCUT2D eigenvalue weighted by molar-refractivity contribution is -0.384. The zero-order valence-electron chi connectivity index (χ0n) is 18.3. The van der Waals surface area contributed by atoms with E-state index in [4.69, 9.17) is 8.85 Å². The lowest BCUT2D eigenvalue weighted by atomic mass is 10.1. The van der Waals surface area contributed by atoms with Crippen molar-refractivity contribution in [1.29, 1.82) is 0 Å². The predicted molar refractivity (Wildman–Crippen MR) is 100 cm³/mol. The fourth-order valence-corrected chi connectivity index (χ4v) is 2.40. The Morgan fingerprint density at radius 1 is 1.59 bits per heavy atom. The van der Waals surface area contributed by atoms with Gasteiger partial charge in [0, 0.05) is 22.8 Å². The number of hydrogen-bond donors (Lipinski definition) is 1. The lowest BCUT2D eigenvalue weighted by Gasteiger charge is -2.23. The highest BCUT2D eigenvalue weighted by Gasteiger charge is 2.24. The third kappa shape index (κ3) is 5.13. The average molecular weight is 376 g/mol. The van der Waals surface area contributed by atoms with Crippen molar-refractivity contribution >= 4 is 11.8 Å². The Balaban J connectivity index is 2.48. The first-order valence-electron chi connectivity index (χ1n) is 9.63. The summed E-state index contributed by atoms with van der Waals surface area (Å²) in [7, 11) is 0. The molecule has 1 N–H and O–H groups in total. The minimum Gasteiger partial charge on any atom is -0.444 e. The summed E-state index contributed by atoms with van der Waals surface area (Å²) in [5.41, 5.74) is -0.765. The maximum absolute atomic E-state index is 12.2. The van der Waals surface area contributed by atoms with Crippen LogP contribution in [-0.2, 0) is 11.7 Å². The summed E-state index contributed by atoms with van der Waals surface area (Å²) in [4.78, 5) is 27.1. The molecule has 1 atom stereocenters. The lowest BCUT2D eigenvalue weighted by Crippen LogP contribution is -2.35. The first-order chi connectivity index (χ1) is 13.8. The number of carbonyl (C=O) groups is 1. The largest absolute Gasteiger partial charge is 0.444 e. The number of nitrogens with one attached hydrogen (secondary N) is 1. The second kappa shape index (κ2) is 7.98. The van der Waals surface area contributed by atoms with Crippen molar-refractivity contribution in [3.63, 3.8) is 0 Å². The van der Waals surface area contributed by atoms with Crippen LogP contribution in [0.4, 0.5) is 10.5 Å². The molecule has 9 heteroatoms. The van der Waals surface area contributed by atoms with Gasteiger partial charge in [-0.1, -0.05) is 6.08 Å². The number of nitro groups is 1. The Hall–Kier alpha value is -3.23. The van der Waals surface area contributed by atoms with E-state index in [-0.39, 0.29) is 11.3 Å². The summed E-state index contributed by atoms with van der Waals surface area (Å²) < 4.78 is 28.7. The number of alkyl carbamates (subject to hydrolysis) is 1. The summed E-state index contributed by atoms with van der Waals surface area (Å²) in [5, 5.41) is 17.8. The molecule has 9 nitrogen and oxygen atoms in total. The maximum Gasteiger partial charge on any atom is 0.408 e. The predicted octanol–water partition coefficient (Wildman–Crippen LogP) is 3.53. The standard InChI is InChI=1S/C18H23N5O4/c1-6-7-13(21-17(24)27-18(2,3)4)14-10-12(8-9-19-14)16-15(23(25)26)11-20-22(16)5/h6,8-11,13H,1,7H2,2-5H3,(H,21,24)/t13-/m0/s1/i5D3. The SMILES string of the molecule is [2H]C([2H])([2H])n1ncc([N+](=O)[O-])c1-c1ccnc([C@H](CC=C)NC(=O)OC(C)(C)C)c1. The van der Waals surface area contributed by atoms with Crippen LogP contribution in [0.25, 0.3) is 11.3 Å². The zero-order valence-corrected chi connectivity index (χ0v) is 15.3. The molecule has 144 valence electrons. The maximum atomic E-state index is 12.2. The molecule has 2 aromatic rings. The molecule has 0 aliphatic carbocycles. The molecule has 0 fully saturated rings. The van der Waals surface area contributed by atoms with E-state index in [1.54, 1.807) is 26.8 Å². The second-order valence-corrected chi connectivity index (χ2v) is 6.74. The van der Waals surface area contributed by atoms with Crippen molar-refractivity contribution in [3.8, 4) is 11.3 Å². The summed E-state index contributed by atoms with van der Waals surface area (Å²) >= 11 is 0. The topological polar surface area (TPSA) is 112 Å². The summed E-state index contributed by atoms with van der Waals surface area (Å²) in [6.45, 7) is 6.12. The van der Waals surface area contributed by atoms with Crippen LogP contribution in [0.15, 0.2) is 37.2 Å². The molecule has 0 aromatic carbocycles. The molecule has 1 amide bonds.